The number of pyridine rings is 1. The number of nitrogens with one attached hydrogen (secondary N) is 1. The summed E-state index contributed by atoms with van der Waals surface area (Å²) in [5.74, 6) is 0.485. The Kier molecular flexibility index (Phi) is 3.54. The minimum absolute atomic E-state index is 0.125. The van der Waals surface area contributed by atoms with E-state index >= 15 is 0 Å². The lowest BCUT2D eigenvalue weighted by atomic mass is 10.1. The number of aromatic nitrogens is 1. The first-order valence-corrected chi connectivity index (χ1v) is 7.49. The van der Waals surface area contributed by atoms with Crippen molar-refractivity contribution in [3.8, 4) is 11.9 Å². The number of nitriles is 1. The molecule has 0 spiro atoms. The Hall–Kier alpha value is -2.09. The zero-order valence-corrected chi connectivity index (χ0v) is 12.1. The van der Waals surface area contributed by atoms with Crippen molar-refractivity contribution in [1.29, 1.82) is 5.26 Å². The summed E-state index contributed by atoms with van der Waals surface area (Å²) in [5.41, 5.74) is -0.244. The number of rotatable bonds is 4. The zero-order valence-electron chi connectivity index (χ0n) is 12.1. The molecule has 1 aromatic heterocycles. The molecule has 0 radical (unpaired) electrons. The van der Waals surface area contributed by atoms with E-state index in [2.05, 4.69) is 16.4 Å². The molecule has 3 rings (SSSR count). The summed E-state index contributed by atoms with van der Waals surface area (Å²) in [7, 11) is 0. The maximum atomic E-state index is 12.1. The van der Waals surface area contributed by atoms with Gasteiger partial charge in [0.25, 0.3) is 0 Å². The van der Waals surface area contributed by atoms with E-state index in [9.17, 15) is 4.79 Å². The second-order valence-electron chi connectivity index (χ2n) is 6.05. The lowest BCUT2D eigenvalue weighted by Gasteiger charge is -2.13. The summed E-state index contributed by atoms with van der Waals surface area (Å²) < 4.78 is 5.78. The van der Waals surface area contributed by atoms with Gasteiger partial charge in [-0.3, -0.25) is 4.79 Å². The van der Waals surface area contributed by atoms with Gasteiger partial charge < -0.3 is 10.1 Å². The van der Waals surface area contributed by atoms with Crippen molar-refractivity contribution in [3.63, 3.8) is 0 Å². The predicted molar refractivity (Wildman–Crippen MR) is 77.6 cm³/mol. The van der Waals surface area contributed by atoms with Crippen molar-refractivity contribution in [2.75, 3.05) is 5.32 Å². The van der Waals surface area contributed by atoms with Crippen molar-refractivity contribution in [3.05, 3.63) is 18.3 Å². The predicted octanol–water partition coefficient (Wildman–Crippen LogP) is 2.89. The molecule has 1 aromatic rings. The van der Waals surface area contributed by atoms with Crippen LogP contribution in [0.25, 0.3) is 0 Å². The highest BCUT2D eigenvalue weighted by atomic mass is 16.5. The molecule has 2 fully saturated rings. The quantitative estimate of drug-likeness (QED) is 0.923. The van der Waals surface area contributed by atoms with Crippen LogP contribution in [0.4, 0.5) is 5.69 Å². The van der Waals surface area contributed by atoms with Gasteiger partial charge in [-0.2, -0.15) is 5.26 Å². The fourth-order valence-corrected chi connectivity index (χ4v) is 2.89. The summed E-state index contributed by atoms with van der Waals surface area (Å²) in [5, 5.41) is 11.9. The monoisotopic (exact) mass is 285 g/mol. The fraction of sp³-hybridized carbons (Fsp3) is 0.562. The average molecular weight is 285 g/mol. The molecule has 5 nitrogen and oxygen atoms in total. The molecule has 2 aliphatic carbocycles. The first kappa shape index (κ1) is 13.9. The third-order valence-electron chi connectivity index (χ3n) is 4.50. The van der Waals surface area contributed by atoms with Crippen LogP contribution in [0.15, 0.2) is 18.3 Å². The normalized spacial score (nSPS) is 27.9. The van der Waals surface area contributed by atoms with Crippen LogP contribution in [0.1, 0.15) is 39.0 Å². The average Bonchev–Trinajstić information content (AvgIpc) is 2.91. The van der Waals surface area contributed by atoms with Crippen LogP contribution in [-0.4, -0.2) is 17.0 Å². The van der Waals surface area contributed by atoms with E-state index in [0.29, 0.717) is 18.0 Å². The second kappa shape index (κ2) is 5.36. The van der Waals surface area contributed by atoms with Crippen LogP contribution in [-0.2, 0) is 4.79 Å². The van der Waals surface area contributed by atoms with E-state index in [1.54, 1.807) is 18.3 Å². The van der Waals surface area contributed by atoms with Gasteiger partial charge in [-0.05, 0) is 44.1 Å². The van der Waals surface area contributed by atoms with Crippen molar-refractivity contribution in [2.24, 2.45) is 11.3 Å². The number of amides is 1. The minimum Gasteiger partial charge on any atom is -0.474 e. The molecule has 0 unspecified atom stereocenters. The highest BCUT2D eigenvalue weighted by Gasteiger charge is 2.58. The lowest BCUT2D eigenvalue weighted by molar-refractivity contribution is -0.119. The van der Waals surface area contributed by atoms with Gasteiger partial charge in [0.2, 0.25) is 11.8 Å². The Balaban J connectivity index is 1.59. The number of anilines is 1. The Bertz CT molecular complexity index is 572. The van der Waals surface area contributed by atoms with Crippen molar-refractivity contribution in [1.82, 2.24) is 4.98 Å². The van der Waals surface area contributed by atoms with Gasteiger partial charge in [0, 0.05) is 6.07 Å². The molecule has 0 saturated heterocycles. The molecule has 5 heteroatoms. The minimum atomic E-state index is -0.848. The van der Waals surface area contributed by atoms with Gasteiger partial charge >= 0.3 is 0 Å². The van der Waals surface area contributed by atoms with E-state index in [1.165, 1.54) is 12.8 Å². The molecular weight excluding hydrogens is 266 g/mol. The van der Waals surface area contributed by atoms with E-state index in [1.807, 2.05) is 6.92 Å². The molecule has 1 heterocycles. The van der Waals surface area contributed by atoms with Crippen LogP contribution >= 0.6 is 0 Å². The number of nitrogens with zero attached hydrogens (tertiary/aromatic N) is 2. The summed E-state index contributed by atoms with van der Waals surface area (Å²) >= 11 is 0. The Morgan fingerprint density at radius 3 is 2.71 bits per heavy atom. The van der Waals surface area contributed by atoms with E-state index in [-0.39, 0.29) is 17.9 Å². The Morgan fingerprint density at radius 2 is 2.19 bits per heavy atom. The number of carbonyl (C=O) groups excluding carboxylic acids is 1. The van der Waals surface area contributed by atoms with Gasteiger partial charge in [-0.25, -0.2) is 4.98 Å². The smallest absolute Gasteiger partial charge is 0.245 e. The summed E-state index contributed by atoms with van der Waals surface area (Å²) in [6.45, 7) is 1.92. The molecule has 0 bridgehead atoms. The van der Waals surface area contributed by atoms with Crippen LogP contribution in [0.3, 0.4) is 0 Å². The molecule has 21 heavy (non-hydrogen) atoms. The van der Waals surface area contributed by atoms with Crippen LogP contribution < -0.4 is 10.1 Å². The van der Waals surface area contributed by atoms with E-state index in [4.69, 9.17) is 10.00 Å². The van der Waals surface area contributed by atoms with Crippen molar-refractivity contribution < 1.29 is 9.53 Å². The summed E-state index contributed by atoms with van der Waals surface area (Å²) in [4.78, 5) is 16.3. The van der Waals surface area contributed by atoms with E-state index in [0.717, 1.165) is 12.8 Å². The van der Waals surface area contributed by atoms with Crippen LogP contribution in [0.2, 0.25) is 0 Å². The van der Waals surface area contributed by atoms with Gasteiger partial charge in [0.1, 0.15) is 11.5 Å². The molecule has 110 valence electrons. The standard InChI is InChI=1S/C16H19N3O2/c1-11-8-16(11,10-17)15(20)19-12-6-7-14(18-9-12)21-13-4-2-3-5-13/h6-7,9,11,13H,2-5,8H2,1H3,(H,19,20)/t11-,16-/m1/s1. The van der Waals surface area contributed by atoms with E-state index < -0.39 is 5.41 Å². The third-order valence-corrected chi connectivity index (χ3v) is 4.50. The first-order valence-electron chi connectivity index (χ1n) is 7.49. The van der Waals surface area contributed by atoms with Crippen molar-refractivity contribution >= 4 is 11.6 Å². The van der Waals surface area contributed by atoms with Gasteiger partial charge in [0.15, 0.2) is 0 Å². The maximum absolute atomic E-state index is 12.1. The summed E-state index contributed by atoms with van der Waals surface area (Å²) in [6, 6.07) is 5.66. The van der Waals surface area contributed by atoms with Gasteiger partial charge in [0.05, 0.1) is 18.0 Å². The first-order chi connectivity index (χ1) is 10.1. The Morgan fingerprint density at radius 1 is 1.48 bits per heavy atom. The number of ether oxygens (including phenoxy) is 1. The molecule has 2 saturated carbocycles. The van der Waals surface area contributed by atoms with Crippen LogP contribution in [0, 0.1) is 22.7 Å². The summed E-state index contributed by atoms with van der Waals surface area (Å²) in [6.07, 6.45) is 7.09. The number of hydrogen-bond acceptors (Lipinski definition) is 4. The SMILES string of the molecule is C[C@@H]1C[C@]1(C#N)C(=O)Nc1ccc(OC2CCCC2)nc1. The fourth-order valence-electron chi connectivity index (χ4n) is 2.89. The lowest BCUT2D eigenvalue weighted by Crippen LogP contribution is -2.24. The van der Waals surface area contributed by atoms with Gasteiger partial charge in [-0.15, -0.1) is 0 Å². The van der Waals surface area contributed by atoms with Crippen LogP contribution in [0.5, 0.6) is 5.88 Å². The number of hydrogen-bond donors (Lipinski definition) is 1. The second-order valence-corrected chi connectivity index (χ2v) is 6.05. The van der Waals surface area contributed by atoms with Crippen molar-refractivity contribution in [2.45, 2.75) is 45.1 Å². The Labute approximate surface area is 124 Å². The highest BCUT2D eigenvalue weighted by Crippen LogP contribution is 2.52. The largest absolute Gasteiger partial charge is 0.474 e. The maximum Gasteiger partial charge on any atom is 0.245 e. The molecule has 1 N–H and O–H groups in total. The molecule has 2 atom stereocenters. The number of carbonyl (C=O) groups is 1. The molecule has 0 aromatic carbocycles. The molecule has 2 aliphatic rings. The topological polar surface area (TPSA) is 75.0 Å². The molecule has 1 amide bonds. The highest BCUT2D eigenvalue weighted by molar-refractivity contribution is 5.99. The third kappa shape index (κ3) is 2.71. The zero-order chi connectivity index (χ0) is 14.9. The van der Waals surface area contributed by atoms with Gasteiger partial charge in [-0.1, -0.05) is 6.92 Å². The molecule has 0 aliphatic heterocycles. The molecular formula is C16H19N3O2.